The standard InChI is InChI=1S/C22H40N2O5.C17H32N2O3.C15H26N2O5.C10H19NO4.C6H12F3NO.C6H11NO2/c1-13(2)16(15(5)25)12-18(26)17-10-9-11-24(17)20(27)19(14(3)4)23-21(28)29-22(6,7)8;1-10(2)13(12(5)20)9-15(21)14-7-6-8-19(14)17(22)16(18)11(3)4;1-9(2)11(16-14(21)22-15(3,4)5)12(18)17-8-6-7-10(17)13(19)20;1-6(2)7(8(12)13)11-9(14)15-10(3,4)5;1-3(2)4(10)5(11)6(7,8)9;1-9-6(8)5-3-2-4-7-5/h13-17,19,25H,9-12H2,1-8H3,(H,23,28);10-14,16,20H,6-9,18H2,1-5H3;9-11H,6-8H2,1-5H3,(H,16,21)(H,19,20);6-7H,1-5H3,(H,11,14)(H,12,13);3-5,11H,10H2,1-2H3;5,7H,2-4H2,1H3/t15?,16?,17-,19-;12?,13?,14-,16-;10-,11-;7-;;5-/m0000.0/s1. The lowest BCUT2D eigenvalue weighted by molar-refractivity contribution is -0.212. The normalized spacial score (nSPS) is 20.2. The number of ether oxygens (including phenoxy) is 4. The molecule has 0 saturated carbocycles. The van der Waals surface area contributed by atoms with E-state index in [1.54, 1.807) is 114 Å². The summed E-state index contributed by atoms with van der Waals surface area (Å²) in [7, 11) is 1.42. The molecule has 4 aliphatic rings. The van der Waals surface area contributed by atoms with Crippen LogP contribution in [0.25, 0.3) is 0 Å². The molecule has 630 valence electrons. The number of aliphatic carboxylic acids is 2. The van der Waals surface area contributed by atoms with Gasteiger partial charge in [0.05, 0.1) is 37.4 Å². The van der Waals surface area contributed by atoms with Crippen LogP contribution in [0.4, 0.5) is 27.6 Å². The molecular weight excluding hydrogens is 1420 g/mol. The number of nitrogens with two attached hydrogens (primary N) is 2. The molecule has 29 nitrogen and oxygen atoms in total. The lowest BCUT2D eigenvalue weighted by atomic mass is 9.85. The number of Topliss-reactive ketones (excluding diaryl/α,β-unsaturated/α-hetero) is 2. The van der Waals surface area contributed by atoms with E-state index >= 15 is 0 Å². The monoisotopic (exact) mass is 1560 g/mol. The van der Waals surface area contributed by atoms with Crippen molar-refractivity contribution in [1.29, 1.82) is 0 Å². The van der Waals surface area contributed by atoms with Crippen LogP contribution in [-0.4, -0.2) is 235 Å². The SMILES string of the molecule is CC(C)C(CC(=O)[C@@H]1CCCN1C(=O)[C@@H](N)C(C)C)C(C)O.CC(C)C(CC(=O)[C@@H]1CCCN1C(=O)[C@@H](NC(=O)OC(C)(C)C)C(C)C)C(C)O.CC(C)C(N)C(O)C(F)(F)F.CC(C)[C@H](NC(=O)OC(C)(C)C)C(=O)N1CCC[C@H]1C(=O)O.CC(C)[C@H](NC(=O)OC(C)(C)C)C(=O)O.COC(=O)[C@@H]1CCCN1. The van der Waals surface area contributed by atoms with Crippen molar-refractivity contribution in [1.82, 2.24) is 36.0 Å². The predicted molar refractivity (Wildman–Crippen MR) is 403 cm³/mol. The van der Waals surface area contributed by atoms with Gasteiger partial charge in [0.15, 0.2) is 17.7 Å². The number of carboxylic acids is 2. The number of ketones is 2. The lowest BCUT2D eigenvalue weighted by Crippen LogP contribution is -2.54. The number of aliphatic hydroxyl groups is 3. The van der Waals surface area contributed by atoms with E-state index in [2.05, 4.69) is 26.0 Å². The number of alkyl carbamates (subject to hydrolysis) is 3. The van der Waals surface area contributed by atoms with Crippen LogP contribution in [0.1, 0.15) is 237 Å². The molecule has 6 unspecified atom stereocenters. The molecule has 0 aromatic rings. The number of nitrogens with zero attached hydrogens (tertiary/aromatic N) is 3. The molecule has 6 amide bonds. The molecule has 4 heterocycles. The Morgan fingerprint density at radius 1 is 0.463 bits per heavy atom. The molecule has 4 aliphatic heterocycles. The summed E-state index contributed by atoms with van der Waals surface area (Å²) in [5.41, 5.74) is 9.09. The Balaban J connectivity index is 0. The van der Waals surface area contributed by atoms with E-state index in [0.29, 0.717) is 51.7 Å². The molecule has 32 heteroatoms. The number of rotatable bonds is 25. The molecule has 0 spiro atoms. The zero-order chi connectivity index (χ0) is 84.8. The van der Waals surface area contributed by atoms with E-state index in [-0.39, 0.29) is 107 Å². The van der Waals surface area contributed by atoms with E-state index < -0.39 is 114 Å². The average Bonchev–Trinajstić information content (AvgIpc) is 1.64. The minimum Gasteiger partial charge on any atom is -0.480 e. The predicted octanol–water partition coefficient (Wildman–Crippen LogP) is 8.75. The molecule has 0 radical (unpaired) electrons. The molecule has 0 aliphatic carbocycles. The second-order valence-corrected chi connectivity index (χ2v) is 33.7. The molecular formula is C76H140F3N9O20. The molecule has 4 saturated heterocycles. The minimum atomic E-state index is -4.61. The molecule has 4 rings (SSSR count). The number of hydrogen-bond donors (Lipinski definition) is 11. The van der Waals surface area contributed by atoms with Crippen molar-refractivity contribution >= 4 is 65.5 Å². The molecule has 0 aromatic heterocycles. The van der Waals surface area contributed by atoms with Crippen molar-refractivity contribution in [2.75, 3.05) is 33.3 Å². The van der Waals surface area contributed by atoms with Crippen LogP contribution < -0.4 is 32.7 Å². The Morgan fingerprint density at radius 3 is 1.03 bits per heavy atom. The minimum absolute atomic E-state index is 0.0183. The van der Waals surface area contributed by atoms with Crippen molar-refractivity contribution in [2.24, 2.45) is 64.7 Å². The maximum absolute atomic E-state index is 13.2. The Hall–Kier alpha value is -6.48. The van der Waals surface area contributed by atoms with Gasteiger partial charge in [0.2, 0.25) is 17.7 Å². The second-order valence-electron chi connectivity index (χ2n) is 33.7. The number of nitrogens with one attached hydrogen (secondary N) is 4. The fourth-order valence-electron chi connectivity index (χ4n) is 12.0. The quantitative estimate of drug-likeness (QED) is 0.0300. The number of amides is 6. The molecule has 14 atom stereocenters. The first-order valence-corrected chi connectivity index (χ1v) is 38.0. The second kappa shape index (κ2) is 47.7. The van der Waals surface area contributed by atoms with Gasteiger partial charge in [-0.2, -0.15) is 13.2 Å². The third-order valence-corrected chi connectivity index (χ3v) is 18.3. The zero-order valence-electron chi connectivity index (χ0n) is 69.5. The Kier molecular flexibility index (Phi) is 45.7. The molecule has 0 aromatic carbocycles. The Labute approximate surface area is 640 Å². The first kappa shape index (κ1) is 104. The van der Waals surface area contributed by atoms with Gasteiger partial charge in [-0.3, -0.25) is 28.8 Å². The summed E-state index contributed by atoms with van der Waals surface area (Å²) < 4.78 is 55.1. The summed E-state index contributed by atoms with van der Waals surface area (Å²) in [6, 6.07) is -5.96. The maximum Gasteiger partial charge on any atom is 0.415 e. The summed E-state index contributed by atoms with van der Waals surface area (Å²) in [4.78, 5) is 137. The first-order valence-electron chi connectivity index (χ1n) is 38.0. The number of carbonyl (C=O) groups is 11. The molecule has 4 fully saturated rings. The van der Waals surface area contributed by atoms with Crippen LogP contribution in [0.5, 0.6) is 0 Å². The third kappa shape index (κ3) is 38.9. The largest absolute Gasteiger partial charge is 0.480 e. The van der Waals surface area contributed by atoms with Gasteiger partial charge in [-0.15, -0.1) is 0 Å². The summed E-state index contributed by atoms with van der Waals surface area (Å²) in [6.45, 7) is 47.2. The fourth-order valence-corrected chi connectivity index (χ4v) is 12.0. The van der Waals surface area contributed by atoms with Gasteiger partial charge in [0.25, 0.3) is 0 Å². The van der Waals surface area contributed by atoms with Crippen molar-refractivity contribution in [3.8, 4) is 0 Å². The smallest absolute Gasteiger partial charge is 0.415 e. The summed E-state index contributed by atoms with van der Waals surface area (Å²) >= 11 is 0. The number of halogens is 3. The highest BCUT2D eigenvalue weighted by molar-refractivity contribution is 5.94. The zero-order valence-corrected chi connectivity index (χ0v) is 69.5. The molecule has 0 bridgehead atoms. The van der Waals surface area contributed by atoms with E-state index in [1.807, 2.05) is 55.4 Å². The molecule has 13 N–H and O–H groups in total. The van der Waals surface area contributed by atoms with Crippen LogP contribution >= 0.6 is 0 Å². The highest BCUT2D eigenvalue weighted by Gasteiger charge is 2.45. The van der Waals surface area contributed by atoms with Crippen molar-refractivity contribution in [2.45, 2.75) is 333 Å². The van der Waals surface area contributed by atoms with Gasteiger partial charge in [-0.05, 0) is 187 Å². The van der Waals surface area contributed by atoms with Gasteiger partial charge in [-0.1, -0.05) is 96.9 Å². The number of alkyl halides is 3. The van der Waals surface area contributed by atoms with Gasteiger partial charge >= 0.3 is 42.4 Å². The Bertz CT molecular complexity index is 2780. The third-order valence-electron chi connectivity index (χ3n) is 18.3. The van der Waals surface area contributed by atoms with E-state index in [9.17, 15) is 81.2 Å². The topological polar surface area (TPSA) is 436 Å². The number of carboxylic acid groups (broad SMARTS) is 2. The highest BCUT2D eigenvalue weighted by atomic mass is 19.4. The number of methoxy groups -OCH3 is 1. The summed E-state index contributed by atoms with van der Waals surface area (Å²) in [6.07, 6.45) is -3.56. The number of aliphatic hydroxyl groups excluding tert-OH is 3. The van der Waals surface area contributed by atoms with Crippen LogP contribution in [0.2, 0.25) is 0 Å². The van der Waals surface area contributed by atoms with Crippen LogP contribution in [0.3, 0.4) is 0 Å². The number of carbonyl (C=O) groups excluding carboxylic acids is 9. The maximum atomic E-state index is 13.2. The highest BCUT2D eigenvalue weighted by Crippen LogP contribution is 2.30. The van der Waals surface area contributed by atoms with Crippen molar-refractivity contribution in [3.05, 3.63) is 0 Å². The summed E-state index contributed by atoms with van der Waals surface area (Å²) in [5.74, 6) is -3.53. The molecule has 108 heavy (non-hydrogen) atoms. The van der Waals surface area contributed by atoms with Crippen LogP contribution in [-0.2, 0) is 57.3 Å². The first-order chi connectivity index (χ1) is 49.2. The van der Waals surface area contributed by atoms with Crippen molar-refractivity contribution < 1.29 is 110 Å². The number of esters is 1. The number of likely N-dealkylation sites (tertiary alicyclic amines) is 3. The van der Waals surface area contributed by atoms with Crippen molar-refractivity contribution in [3.63, 3.8) is 0 Å². The van der Waals surface area contributed by atoms with Crippen LogP contribution in [0.15, 0.2) is 0 Å². The fraction of sp³-hybridized carbons (Fsp3) is 0.855. The lowest BCUT2D eigenvalue weighted by Gasteiger charge is -2.32. The summed E-state index contributed by atoms with van der Waals surface area (Å²) in [5, 5.41) is 57.0. The average molecular weight is 1560 g/mol. The van der Waals surface area contributed by atoms with Gasteiger partial charge < -0.3 is 91.9 Å². The van der Waals surface area contributed by atoms with Gasteiger partial charge in [0.1, 0.15) is 47.0 Å². The van der Waals surface area contributed by atoms with E-state index in [1.165, 1.54) is 25.9 Å². The van der Waals surface area contributed by atoms with Crippen LogP contribution in [0, 0.1) is 53.3 Å². The van der Waals surface area contributed by atoms with E-state index in [0.717, 1.165) is 32.2 Å². The Morgan fingerprint density at radius 2 is 0.787 bits per heavy atom. The van der Waals surface area contributed by atoms with Gasteiger partial charge in [0, 0.05) is 38.5 Å². The number of hydrogen-bond acceptors (Lipinski definition) is 21. The van der Waals surface area contributed by atoms with Gasteiger partial charge in [-0.25, -0.2) is 24.0 Å². The van der Waals surface area contributed by atoms with E-state index in [4.69, 9.17) is 35.9 Å².